The van der Waals surface area contributed by atoms with Crippen molar-refractivity contribution in [2.45, 2.75) is 0 Å². The van der Waals surface area contributed by atoms with Crippen LogP contribution in [0.4, 0.5) is 10.2 Å². The third kappa shape index (κ3) is 2.42. The summed E-state index contributed by atoms with van der Waals surface area (Å²) in [5.74, 6) is -0.536. The predicted octanol–water partition coefficient (Wildman–Crippen LogP) is 2.47. The van der Waals surface area contributed by atoms with Gasteiger partial charge in [0.1, 0.15) is 11.6 Å². The molecule has 0 aliphatic heterocycles. The molecule has 0 spiro atoms. The van der Waals surface area contributed by atoms with Crippen LogP contribution in [0.2, 0.25) is 0 Å². The molecule has 1 aromatic heterocycles. The Morgan fingerprint density at radius 3 is 2.62 bits per heavy atom. The van der Waals surface area contributed by atoms with Gasteiger partial charge in [0.2, 0.25) is 0 Å². The first-order chi connectivity index (χ1) is 7.75. The van der Waals surface area contributed by atoms with Crippen LogP contribution in [-0.2, 0) is 0 Å². The fourth-order valence-electron chi connectivity index (χ4n) is 1.25. The van der Waals surface area contributed by atoms with Gasteiger partial charge in [-0.15, -0.1) is 0 Å². The summed E-state index contributed by atoms with van der Waals surface area (Å²) in [4.78, 5) is 15.5. The molecule has 3 nitrogen and oxygen atoms in total. The maximum atomic E-state index is 12.8. The Morgan fingerprint density at radius 2 is 1.94 bits per heavy atom. The van der Waals surface area contributed by atoms with Gasteiger partial charge in [0, 0.05) is 17.8 Å². The molecule has 0 bridgehead atoms. The first-order valence-electron chi connectivity index (χ1n) is 4.73. The molecule has 4 heteroatoms. The second-order valence-corrected chi connectivity index (χ2v) is 3.18. The van der Waals surface area contributed by atoms with Gasteiger partial charge in [-0.3, -0.25) is 4.79 Å². The van der Waals surface area contributed by atoms with E-state index < -0.39 is 5.82 Å². The van der Waals surface area contributed by atoms with E-state index in [1.807, 2.05) is 6.07 Å². The number of hydrogen-bond acceptors (Lipinski definition) is 2. The number of carbonyl (C=O) groups excluding carboxylic acids is 1. The molecule has 0 radical (unpaired) electrons. The minimum atomic E-state index is -0.432. The van der Waals surface area contributed by atoms with E-state index in [1.165, 1.54) is 18.3 Å². The van der Waals surface area contributed by atoms with Crippen molar-refractivity contribution in [3.63, 3.8) is 0 Å². The maximum Gasteiger partial charge on any atom is 0.256 e. The van der Waals surface area contributed by atoms with Gasteiger partial charge in [-0.2, -0.15) is 0 Å². The lowest BCUT2D eigenvalue weighted by Crippen LogP contribution is -2.12. The molecule has 0 aliphatic carbocycles. The molecule has 2 rings (SSSR count). The summed E-state index contributed by atoms with van der Waals surface area (Å²) >= 11 is 0. The highest BCUT2D eigenvalue weighted by Gasteiger charge is 2.05. The van der Waals surface area contributed by atoms with Crippen LogP contribution in [0.1, 0.15) is 10.4 Å². The zero-order chi connectivity index (χ0) is 11.4. The number of halogens is 1. The summed E-state index contributed by atoms with van der Waals surface area (Å²) in [5, 5.41) is 2.51. The first-order valence-corrected chi connectivity index (χ1v) is 4.73. The minimum absolute atomic E-state index is 0.203. The van der Waals surface area contributed by atoms with Gasteiger partial charge in [0.05, 0.1) is 0 Å². The summed E-state index contributed by atoms with van der Waals surface area (Å²) in [6.45, 7) is 0. The normalized spacial score (nSPS) is 9.81. The van der Waals surface area contributed by atoms with Gasteiger partial charge in [0.15, 0.2) is 0 Å². The second kappa shape index (κ2) is 4.53. The minimum Gasteiger partial charge on any atom is -0.306 e. The molecular weight excluding hydrogens is 207 g/mol. The SMILES string of the molecule is O=C(Nc1cc(F)ccn1)c1ccccc1. The number of anilines is 1. The number of amides is 1. The number of rotatable bonds is 2. The highest BCUT2D eigenvalue weighted by molar-refractivity contribution is 6.03. The molecule has 0 saturated heterocycles. The Balaban J connectivity index is 2.14. The highest BCUT2D eigenvalue weighted by Crippen LogP contribution is 2.07. The lowest BCUT2D eigenvalue weighted by atomic mass is 10.2. The standard InChI is InChI=1S/C12H9FN2O/c13-10-6-7-14-11(8-10)15-12(16)9-4-2-1-3-5-9/h1-8H,(H,14,15,16). The molecule has 2 aromatic rings. The van der Waals surface area contributed by atoms with Gasteiger partial charge in [-0.1, -0.05) is 18.2 Å². The molecule has 0 fully saturated rings. The second-order valence-electron chi connectivity index (χ2n) is 3.18. The van der Waals surface area contributed by atoms with E-state index in [4.69, 9.17) is 0 Å². The Labute approximate surface area is 92.0 Å². The van der Waals surface area contributed by atoms with Crippen molar-refractivity contribution >= 4 is 11.7 Å². The monoisotopic (exact) mass is 216 g/mol. The Hall–Kier alpha value is -2.23. The van der Waals surface area contributed by atoms with E-state index >= 15 is 0 Å². The molecule has 16 heavy (non-hydrogen) atoms. The quantitative estimate of drug-likeness (QED) is 0.837. The molecule has 1 N–H and O–H groups in total. The first kappa shape index (κ1) is 10.3. The van der Waals surface area contributed by atoms with Crippen LogP contribution in [0.3, 0.4) is 0 Å². The number of nitrogens with one attached hydrogen (secondary N) is 1. The van der Waals surface area contributed by atoms with E-state index in [9.17, 15) is 9.18 Å². The number of nitrogens with zero attached hydrogens (tertiary/aromatic N) is 1. The molecule has 0 unspecified atom stereocenters. The van der Waals surface area contributed by atoms with Crippen LogP contribution in [0.25, 0.3) is 0 Å². The van der Waals surface area contributed by atoms with Crippen LogP contribution < -0.4 is 5.32 Å². The van der Waals surface area contributed by atoms with Crippen molar-refractivity contribution in [1.29, 1.82) is 0 Å². The molecular formula is C12H9FN2O. The number of hydrogen-bond donors (Lipinski definition) is 1. The van der Waals surface area contributed by atoms with Gasteiger partial charge in [0.25, 0.3) is 5.91 Å². The van der Waals surface area contributed by atoms with E-state index in [2.05, 4.69) is 10.3 Å². The number of benzene rings is 1. The van der Waals surface area contributed by atoms with Gasteiger partial charge in [-0.05, 0) is 18.2 Å². The van der Waals surface area contributed by atoms with Gasteiger partial charge in [-0.25, -0.2) is 9.37 Å². The third-order valence-electron chi connectivity index (χ3n) is 2.00. The van der Waals surface area contributed by atoms with Crippen LogP contribution in [0.5, 0.6) is 0 Å². The summed E-state index contributed by atoms with van der Waals surface area (Å²) in [5.41, 5.74) is 0.508. The molecule has 1 amide bonds. The summed E-state index contributed by atoms with van der Waals surface area (Å²) in [6.07, 6.45) is 1.30. The van der Waals surface area contributed by atoms with Crippen molar-refractivity contribution in [3.8, 4) is 0 Å². The van der Waals surface area contributed by atoms with Crippen LogP contribution in [-0.4, -0.2) is 10.9 Å². The Morgan fingerprint density at radius 1 is 1.19 bits per heavy atom. The maximum absolute atomic E-state index is 12.8. The molecule has 0 aliphatic rings. The molecule has 0 atom stereocenters. The molecule has 0 saturated carbocycles. The van der Waals surface area contributed by atoms with Gasteiger partial charge >= 0.3 is 0 Å². The third-order valence-corrected chi connectivity index (χ3v) is 2.00. The van der Waals surface area contributed by atoms with E-state index in [0.717, 1.165) is 0 Å². The average Bonchev–Trinajstić information content (AvgIpc) is 2.30. The van der Waals surface area contributed by atoms with Crippen molar-refractivity contribution in [3.05, 3.63) is 60.0 Å². The lowest BCUT2D eigenvalue weighted by Gasteiger charge is -2.03. The summed E-state index contributed by atoms with van der Waals surface area (Å²) in [7, 11) is 0. The predicted molar refractivity (Wildman–Crippen MR) is 58.6 cm³/mol. The number of aromatic nitrogens is 1. The Kier molecular flexibility index (Phi) is 2.91. The van der Waals surface area contributed by atoms with E-state index in [0.29, 0.717) is 5.56 Å². The van der Waals surface area contributed by atoms with Crippen molar-refractivity contribution < 1.29 is 9.18 Å². The van der Waals surface area contributed by atoms with Crippen molar-refractivity contribution in [2.24, 2.45) is 0 Å². The van der Waals surface area contributed by atoms with E-state index in [-0.39, 0.29) is 11.7 Å². The molecule has 80 valence electrons. The van der Waals surface area contributed by atoms with Crippen LogP contribution in [0.15, 0.2) is 48.7 Å². The van der Waals surface area contributed by atoms with Crippen molar-refractivity contribution in [2.75, 3.05) is 5.32 Å². The summed E-state index contributed by atoms with van der Waals surface area (Å²) < 4.78 is 12.8. The Bertz CT molecular complexity index is 499. The zero-order valence-electron chi connectivity index (χ0n) is 8.35. The fraction of sp³-hybridized carbons (Fsp3) is 0. The highest BCUT2D eigenvalue weighted by atomic mass is 19.1. The fourth-order valence-corrected chi connectivity index (χ4v) is 1.25. The number of pyridine rings is 1. The average molecular weight is 216 g/mol. The number of carbonyl (C=O) groups is 1. The van der Waals surface area contributed by atoms with Gasteiger partial charge < -0.3 is 5.32 Å². The summed E-state index contributed by atoms with van der Waals surface area (Å²) in [6, 6.07) is 11.1. The van der Waals surface area contributed by atoms with Crippen LogP contribution in [0, 0.1) is 5.82 Å². The lowest BCUT2D eigenvalue weighted by molar-refractivity contribution is 0.102. The topological polar surface area (TPSA) is 42.0 Å². The molecule has 1 heterocycles. The van der Waals surface area contributed by atoms with Crippen molar-refractivity contribution in [1.82, 2.24) is 4.98 Å². The smallest absolute Gasteiger partial charge is 0.256 e. The van der Waals surface area contributed by atoms with Crippen LogP contribution >= 0.6 is 0 Å². The zero-order valence-corrected chi connectivity index (χ0v) is 8.35. The molecule has 1 aromatic carbocycles. The van der Waals surface area contributed by atoms with E-state index in [1.54, 1.807) is 24.3 Å². The largest absolute Gasteiger partial charge is 0.306 e.